The molecular weight excluding hydrogens is 314 g/mol. The molecule has 0 radical (unpaired) electrons. The molecule has 0 spiro atoms. The molecule has 5 nitrogen and oxygen atoms in total. The summed E-state index contributed by atoms with van der Waals surface area (Å²) in [5.41, 5.74) is 1.61. The van der Waals surface area contributed by atoms with Crippen molar-refractivity contribution in [2.24, 2.45) is 0 Å². The van der Waals surface area contributed by atoms with Crippen LogP contribution in [0, 0.1) is 0 Å². The Morgan fingerprint density at radius 1 is 1.08 bits per heavy atom. The van der Waals surface area contributed by atoms with E-state index in [1.54, 1.807) is 12.1 Å². The minimum absolute atomic E-state index is 0.0710. The van der Waals surface area contributed by atoms with Crippen LogP contribution in [0.15, 0.2) is 59.4 Å². The number of hydrogen-bond donors (Lipinski definition) is 2. The molecule has 128 valence electrons. The molecular formula is C20H21N3O2. The number of benzene rings is 2. The van der Waals surface area contributed by atoms with Crippen molar-refractivity contribution in [1.29, 1.82) is 0 Å². The second-order valence-corrected chi connectivity index (χ2v) is 6.21. The largest absolute Gasteiger partial charge is 0.353 e. The van der Waals surface area contributed by atoms with E-state index in [-0.39, 0.29) is 23.9 Å². The van der Waals surface area contributed by atoms with E-state index in [4.69, 9.17) is 0 Å². The number of carbonyl (C=O) groups is 1. The zero-order valence-electron chi connectivity index (χ0n) is 14.2. The molecule has 1 atom stereocenters. The molecule has 3 aromatic rings. The number of H-pyrrole nitrogens is 1. The van der Waals surface area contributed by atoms with Crippen LogP contribution >= 0.6 is 0 Å². The maximum atomic E-state index is 12.3. The van der Waals surface area contributed by atoms with Gasteiger partial charge in [-0.15, -0.1) is 0 Å². The molecule has 0 saturated heterocycles. The molecule has 0 aliphatic carbocycles. The molecule has 0 bridgehead atoms. The fourth-order valence-corrected chi connectivity index (χ4v) is 2.88. The molecule has 2 aromatic carbocycles. The van der Waals surface area contributed by atoms with Crippen molar-refractivity contribution in [2.45, 2.75) is 32.2 Å². The Labute approximate surface area is 146 Å². The van der Waals surface area contributed by atoms with Gasteiger partial charge in [0.15, 0.2) is 0 Å². The van der Waals surface area contributed by atoms with Crippen LogP contribution < -0.4 is 10.9 Å². The Kier molecular flexibility index (Phi) is 5.23. The third-order valence-corrected chi connectivity index (χ3v) is 4.22. The predicted octanol–water partition coefficient (Wildman–Crippen LogP) is 2.60. The number of nitrogens with one attached hydrogen (secondary N) is 2. The van der Waals surface area contributed by atoms with Crippen molar-refractivity contribution in [2.75, 3.05) is 0 Å². The molecule has 0 aliphatic rings. The Morgan fingerprint density at radius 3 is 2.52 bits per heavy atom. The number of aromatic nitrogens is 2. The summed E-state index contributed by atoms with van der Waals surface area (Å²) in [6, 6.07) is 17.5. The van der Waals surface area contributed by atoms with Gasteiger partial charge in [-0.1, -0.05) is 48.5 Å². The summed E-state index contributed by atoms with van der Waals surface area (Å²) < 4.78 is 0. The summed E-state index contributed by atoms with van der Waals surface area (Å²) in [6.07, 6.45) is 1.94. The molecule has 25 heavy (non-hydrogen) atoms. The zero-order valence-corrected chi connectivity index (χ0v) is 14.2. The first-order valence-corrected chi connectivity index (χ1v) is 8.43. The van der Waals surface area contributed by atoms with Crippen LogP contribution in [0.3, 0.4) is 0 Å². The number of rotatable bonds is 6. The highest BCUT2D eigenvalue weighted by atomic mass is 16.1. The zero-order chi connectivity index (χ0) is 17.6. The van der Waals surface area contributed by atoms with Gasteiger partial charge in [-0.2, -0.15) is 5.10 Å². The number of amides is 1. The maximum absolute atomic E-state index is 12.3. The molecule has 1 unspecified atom stereocenters. The Bertz CT molecular complexity index is 919. The van der Waals surface area contributed by atoms with Crippen molar-refractivity contribution in [3.8, 4) is 0 Å². The van der Waals surface area contributed by atoms with Crippen LogP contribution in [0.1, 0.15) is 24.6 Å². The monoisotopic (exact) mass is 335 g/mol. The number of aromatic amines is 1. The number of hydrogen-bond acceptors (Lipinski definition) is 3. The van der Waals surface area contributed by atoms with Crippen molar-refractivity contribution in [3.63, 3.8) is 0 Å². The van der Waals surface area contributed by atoms with Crippen LogP contribution in [0.25, 0.3) is 10.8 Å². The third-order valence-electron chi connectivity index (χ3n) is 4.22. The minimum atomic E-state index is -0.240. The average Bonchev–Trinajstić information content (AvgIpc) is 2.63. The number of nitrogens with zero attached hydrogens (tertiary/aromatic N) is 1. The molecule has 1 heterocycles. The lowest BCUT2D eigenvalue weighted by Crippen LogP contribution is -2.34. The molecule has 1 aromatic heterocycles. The summed E-state index contributed by atoms with van der Waals surface area (Å²) in [6.45, 7) is 2.00. The van der Waals surface area contributed by atoms with E-state index in [0.717, 1.165) is 18.2 Å². The lowest BCUT2D eigenvalue weighted by atomic mass is 10.1. The third kappa shape index (κ3) is 4.32. The van der Waals surface area contributed by atoms with E-state index >= 15 is 0 Å². The molecule has 0 saturated carbocycles. The van der Waals surface area contributed by atoms with Crippen LogP contribution in [0.2, 0.25) is 0 Å². The van der Waals surface area contributed by atoms with Gasteiger partial charge < -0.3 is 5.32 Å². The van der Waals surface area contributed by atoms with Crippen molar-refractivity contribution in [3.05, 3.63) is 76.2 Å². The van der Waals surface area contributed by atoms with Gasteiger partial charge in [-0.25, -0.2) is 5.10 Å². The van der Waals surface area contributed by atoms with Gasteiger partial charge in [-0.05, 0) is 31.4 Å². The first kappa shape index (κ1) is 16.9. The first-order valence-electron chi connectivity index (χ1n) is 8.43. The fraction of sp³-hybridized carbons (Fsp3) is 0.250. The van der Waals surface area contributed by atoms with Gasteiger partial charge in [0, 0.05) is 11.4 Å². The smallest absolute Gasteiger partial charge is 0.272 e. The van der Waals surface area contributed by atoms with Crippen molar-refractivity contribution in [1.82, 2.24) is 15.5 Å². The SMILES string of the molecule is CC(CCc1ccccc1)NC(=O)Cc1n[nH]c(=O)c2ccccc12. The van der Waals surface area contributed by atoms with E-state index in [0.29, 0.717) is 11.1 Å². The lowest BCUT2D eigenvalue weighted by Gasteiger charge is -2.14. The molecule has 5 heteroatoms. The van der Waals surface area contributed by atoms with Crippen molar-refractivity contribution >= 4 is 16.7 Å². The van der Waals surface area contributed by atoms with Crippen LogP contribution in [-0.4, -0.2) is 22.1 Å². The first-order chi connectivity index (χ1) is 12.1. The molecule has 1 amide bonds. The average molecular weight is 335 g/mol. The molecule has 2 N–H and O–H groups in total. The van der Waals surface area contributed by atoms with Gasteiger partial charge in [-0.3, -0.25) is 9.59 Å². The van der Waals surface area contributed by atoms with E-state index in [2.05, 4.69) is 27.6 Å². The standard InChI is InChI=1S/C20H21N3O2/c1-14(11-12-15-7-3-2-4-8-15)21-19(24)13-18-16-9-5-6-10-17(16)20(25)23-22-18/h2-10,14H,11-13H2,1H3,(H,21,24)(H,23,25). The van der Waals surface area contributed by atoms with Gasteiger partial charge in [0.1, 0.15) is 0 Å². The maximum Gasteiger partial charge on any atom is 0.272 e. The highest BCUT2D eigenvalue weighted by molar-refractivity contribution is 5.88. The normalized spacial score (nSPS) is 12.0. The molecule has 0 aliphatic heterocycles. The topological polar surface area (TPSA) is 74.8 Å². The molecule has 3 rings (SSSR count). The van der Waals surface area contributed by atoms with E-state index in [1.807, 2.05) is 37.3 Å². The van der Waals surface area contributed by atoms with Crippen LogP contribution in [0.4, 0.5) is 0 Å². The van der Waals surface area contributed by atoms with E-state index in [9.17, 15) is 9.59 Å². The summed E-state index contributed by atoms with van der Waals surface area (Å²) in [5.74, 6) is -0.0923. The second kappa shape index (κ2) is 7.75. The van der Waals surface area contributed by atoms with Gasteiger partial charge in [0.05, 0.1) is 17.5 Å². The molecule has 0 fully saturated rings. The van der Waals surface area contributed by atoms with Crippen molar-refractivity contribution < 1.29 is 4.79 Å². The number of aryl methyl sites for hydroxylation is 1. The van der Waals surface area contributed by atoms with Crippen LogP contribution in [-0.2, 0) is 17.6 Å². The Morgan fingerprint density at radius 2 is 1.76 bits per heavy atom. The Hall–Kier alpha value is -2.95. The Balaban J connectivity index is 1.61. The number of carbonyl (C=O) groups excluding carboxylic acids is 1. The van der Waals surface area contributed by atoms with E-state index in [1.165, 1.54) is 5.56 Å². The van der Waals surface area contributed by atoms with E-state index < -0.39 is 0 Å². The highest BCUT2D eigenvalue weighted by Gasteiger charge is 2.12. The van der Waals surface area contributed by atoms with Crippen LogP contribution in [0.5, 0.6) is 0 Å². The minimum Gasteiger partial charge on any atom is -0.353 e. The fourth-order valence-electron chi connectivity index (χ4n) is 2.88. The lowest BCUT2D eigenvalue weighted by molar-refractivity contribution is -0.121. The summed E-state index contributed by atoms with van der Waals surface area (Å²) in [5, 5.41) is 10.8. The van der Waals surface area contributed by atoms with Gasteiger partial charge >= 0.3 is 0 Å². The van der Waals surface area contributed by atoms with Gasteiger partial charge in [0.2, 0.25) is 5.91 Å². The summed E-state index contributed by atoms with van der Waals surface area (Å²) in [7, 11) is 0. The highest BCUT2D eigenvalue weighted by Crippen LogP contribution is 2.13. The predicted molar refractivity (Wildman–Crippen MR) is 98.4 cm³/mol. The quantitative estimate of drug-likeness (QED) is 0.727. The summed E-state index contributed by atoms with van der Waals surface area (Å²) in [4.78, 5) is 24.1. The summed E-state index contributed by atoms with van der Waals surface area (Å²) >= 11 is 0. The van der Waals surface area contributed by atoms with Gasteiger partial charge in [0.25, 0.3) is 5.56 Å². The number of fused-ring (bicyclic) bond motifs is 1. The second-order valence-electron chi connectivity index (χ2n) is 6.21.